The smallest absolute Gasteiger partial charge is 0.254 e. The van der Waals surface area contributed by atoms with Crippen LogP contribution in [0.4, 0.5) is 0 Å². The first-order chi connectivity index (χ1) is 8.99. The van der Waals surface area contributed by atoms with Gasteiger partial charge in [-0.3, -0.25) is 4.79 Å². The van der Waals surface area contributed by atoms with Crippen molar-refractivity contribution in [1.29, 1.82) is 0 Å². The molecule has 0 saturated carbocycles. The van der Waals surface area contributed by atoms with Gasteiger partial charge in [0.15, 0.2) is 0 Å². The van der Waals surface area contributed by atoms with Gasteiger partial charge in [-0.15, -0.1) is 0 Å². The van der Waals surface area contributed by atoms with Crippen molar-refractivity contribution in [2.75, 3.05) is 34.4 Å². The SMILES string of the molecule is COCC(Br)CN(C)C(=O)c1cc(OC)ccc1Br. The van der Waals surface area contributed by atoms with E-state index in [9.17, 15) is 4.79 Å². The number of nitrogens with zero attached hydrogens (tertiary/aromatic N) is 1. The highest BCUT2D eigenvalue weighted by Crippen LogP contribution is 2.23. The maximum atomic E-state index is 12.4. The molecule has 0 aliphatic rings. The van der Waals surface area contributed by atoms with Crippen molar-refractivity contribution in [1.82, 2.24) is 4.90 Å². The van der Waals surface area contributed by atoms with Gasteiger partial charge in [-0.25, -0.2) is 0 Å². The van der Waals surface area contributed by atoms with E-state index in [1.165, 1.54) is 0 Å². The van der Waals surface area contributed by atoms with Crippen molar-refractivity contribution in [3.63, 3.8) is 0 Å². The third kappa shape index (κ3) is 4.78. The maximum Gasteiger partial charge on any atom is 0.254 e. The zero-order chi connectivity index (χ0) is 14.4. The van der Waals surface area contributed by atoms with Crippen molar-refractivity contribution in [3.05, 3.63) is 28.2 Å². The maximum absolute atomic E-state index is 12.4. The second kappa shape index (κ2) is 7.87. The van der Waals surface area contributed by atoms with Gasteiger partial charge in [0.25, 0.3) is 5.91 Å². The quantitative estimate of drug-likeness (QED) is 0.696. The minimum absolute atomic E-state index is 0.0636. The van der Waals surface area contributed by atoms with Gasteiger partial charge in [0.2, 0.25) is 0 Å². The molecule has 0 radical (unpaired) electrons. The van der Waals surface area contributed by atoms with Crippen LogP contribution in [0.5, 0.6) is 5.75 Å². The summed E-state index contributed by atoms with van der Waals surface area (Å²) in [5.41, 5.74) is 0.582. The van der Waals surface area contributed by atoms with Crippen molar-refractivity contribution in [2.45, 2.75) is 4.83 Å². The zero-order valence-corrected chi connectivity index (χ0v) is 14.3. The Balaban J connectivity index is 2.81. The van der Waals surface area contributed by atoms with Crippen LogP contribution in [0.15, 0.2) is 22.7 Å². The second-order valence-electron chi connectivity index (χ2n) is 4.08. The Morgan fingerprint density at radius 1 is 1.42 bits per heavy atom. The Bertz CT molecular complexity index is 440. The molecule has 106 valence electrons. The van der Waals surface area contributed by atoms with Gasteiger partial charge in [-0.1, -0.05) is 15.9 Å². The van der Waals surface area contributed by atoms with E-state index in [1.807, 2.05) is 0 Å². The number of methoxy groups -OCH3 is 2. The van der Waals surface area contributed by atoms with Crippen LogP contribution in [0.25, 0.3) is 0 Å². The van der Waals surface area contributed by atoms with Crippen molar-refractivity contribution < 1.29 is 14.3 Å². The number of carbonyl (C=O) groups is 1. The van der Waals surface area contributed by atoms with Gasteiger partial charge in [-0.05, 0) is 34.1 Å². The summed E-state index contributed by atoms with van der Waals surface area (Å²) < 4.78 is 10.9. The third-order valence-electron chi connectivity index (χ3n) is 2.57. The van der Waals surface area contributed by atoms with Crippen LogP contribution in [-0.2, 0) is 4.74 Å². The molecule has 0 spiro atoms. The predicted molar refractivity (Wildman–Crippen MR) is 82.2 cm³/mol. The summed E-state index contributed by atoms with van der Waals surface area (Å²) in [5, 5.41) is 0. The lowest BCUT2D eigenvalue weighted by Gasteiger charge is -2.21. The van der Waals surface area contributed by atoms with E-state index in [0.29, 0.717) is 24.5 Å². The molecular formula is C13H17Br2NO3. The molecule has 0 aliphatic heterocycles. The lowest BCUT2D eigenvalue weighted by Crippen LogP contribution is -2.33. The van der Waals surface area contributed by atoms with Crippen LogP contribution >= 0.6 is 31.9 Å². The fourth-order valence-corrected chi connectivity index (χ4v) is 2.73. The number of hydrogen-bond acceptors (Lipinski definition) is 3. The molecule has 1 unspecified atom stereocenters. The molecule has 0 N–H and O–H groups in total. The zero-order valence-electron chi connectivity index (χ0n) is 11.2. The summed E-state index contributed by atoms with van der Waals surface area (Å²) >= 11 is 6.86. The standard InChI is InChI=1S/C13H17Br2NO3/c1-16(7-9(14)8-18-2)13(17)11-6-10(19-3)4-5-12(11)15/h4-6,9H,7-8H2,1-3H3. The molecule has 0 bridgehead atoms. The van der Waals surface area contributed by atoms with E-state index in [-0.39, 0.29) is 10.7 Å². The van der Waals surface area contributed by atoms with Crippen molar-refractivity contribution in [2.24, 2.45) is 0 Å². The lowest BCUT2D eigenvalue weighted by atomic mass is 10.2. The van der Waals surface area contributed by atoms with Crippen LogP contribution in [0.1, 0.15) is 10.4 Å². The number of ether oxygens (including phenoxy) is 2. The Morgan fingerprint density at radius 3 is 2.68 bits per heavy atom. The summed E-state index contributed by atoms with van der Waals surface area (Å²) in [5.74, 6) is 0.596. The summed E-state index contributed by atoms with van der Waals surface area (Å²) in [7, 11) is 4.97. The molecule has 19 heavy (non-hydrogen) atoms. The highest BCUT2D eigenvalue weighted by atomic mass is 79.9. The molecule has 0 aromatic heterocycles. The number of amides is 1. The van der Waals surface area contributed by atoms with Crippen LogP contribution in [0.3, 0.4) is 0 Å². The third-order valence-corrected chi connectivity index (χ3v) is 3.82. The first-order valence-electron chi connectivity index (χ1n) is 5.71. The molecule has 1 aromatic carbocycles. The van der Waals surface area contributed by atoms with E-state index in [0.717, 1.165) is 4.47 Å². The first-order valence-corrected chi connectivity index (χ1v) is 7.42. The minimum atomic E-state index is -0.0636. The van der Waals surface area contributed by atoms with Gasteiger partial charge in [0.1, 0.15) is 5.75 Å². The highest BCUT2D eigenvalue weighted by molar-refractivity contribution is 9.10. The monoisotopic (exact) mass is 393 g/mol. The Labute approximate surface area is 130 Å². The topological polar surface area (TPSA) is 38.8 Å². The Hall–Kier alpha value is -0.590. The number of hydrogen-bond donors (Lipinski definition) is 0. The van der Waals surface area contributed by atoms with E-state index >= 15 is 0 Å². The number of benzene rings is 1. The summed E-state index contributed by atoms with van der Waals surface area (Å²) in [6.07, 6.45) is 0. The van der Waals surface area contributed by atoms with E-state index in [1.54, 1.807) is 44.4 Å². The molecule has 4 nitrogen and oxygen atoms in total. The Kier molecular flexibility index (Phi) is 6.82. The van der Waals surface area contributed by atoms with Crippen molar-refractivity contribution >= 4 is 37.8 Å². The number of rotatable bonds is 6. The summed E-state index contributed by atoms with van der Waals surface area (Å²) in [6.45, 7) is 1.12. The molecule has 1 rings (SSSR count). The average Bonchev–Trinajstić information content (AvgIpc) is 2.38. The number of carbonyl (C=O) groups excluding carboxylic acids is 1. The molecule has 6 heteroatoms. The summed E-state index contributed by atoms with van der Waals surface area (Å²) in [6, 6.07) is 5.34. The molecular weight excluding hydrogens is 378 g/mol. The lowest BCUT2D eigenvalue weighted by molar-refractivity contribution is 0.0783. The Morgan fingerprint density at radius 2 is 2.11 bits per heavy atom. The largest absolute Gasteiger partial charge is 0.497 e. The molecule has 0 saturated heterocycles. The molecule has 0 aliphatic carbocycles. The molecule has 1 amide bonds. The molecule has 1 atom stereocenters. The molecule has 0 fully saturated rings. The van der Waals surface area contributed by atoms with Crippen molar-refractivity contribution in [3.8, 4) is 5.75 Å². The van der Waals surface area contributed by atoms with Gasteiger partial charge in [0, 0.05) is 25.2 Å². The first kappa shape index (κ1) is 16.5. The van der Waals surface area contributed by atoms with Crippen LogP contribution < -0.4 is 4.74 Å². The van der Waals surface area contributed by atoms with E-state index in [4.69, 9.17) is 9.47 Å². The van der Waals surface area contributed by atoms with Gasteiger partial charge < -0.3 is 14.4 Å². The van der Waals surface area contributed by atoms with E-state index < -0.39 is 0 Å². The highest BCUT2D eigenvalue weighted by Gasteiger charge is 2.18. The van der Waals surface area contributed by atoms with Gasteiger partial charge in [-0.2, -0.15) is 0 Å². The van der Waals surface area contributed by atoms with Gasteiger partial charge in [0.05, 0.1) is 24.1 Å². The summed E-state index contributed by atoms with van der Waals surface area (Å²) in [4.78, 5) is 14.1. The average molecular weight is 395 g/mol. The predicted octanol–water partition coefficient (Wildman–Crippen LogP) is 2.94. The number of alkyl halides is 1. The normalized spacial score (nSPS) is 12.1. The van der Waals surface area contributed by atoms with Crippen LogP contribution in [-0.4, -0.2) is 50.1 Å². The fourth-order valence-electron chi connectivity index (χ4n) is 1.61. The van der Waals surface area contributed by atoms with Crippen LogP contribution in [0, 0.1) is 0 Å². The second-order valence-corrected chi connectivity index (χ2v) is 6.23. The molecule has 0 heterocycles. The van der Waals surface area contributed by atoms with Crippen LogP contribution in [0.2, 0.25) is 0 Å². The van der Waals surface area contributed by atoms with Gasteiger partial charge >= 0.3 is 0 Å². The fraction of sp³-hybridized carbons (Fsp3) is 0.462. The minimum Gasteiger partial charge on any atom is -0.497 e. The number of halogens is 2. The molecule has 1 aromatic rings. The van der Waals surface area contributed by atoms with E-state index in [2.05, 4.69) is 31.9 Å².